The lowest BCUT2D eigenvalue weighted by atomic mass is 9.96. The Morgan fingerprint density at radius 3 is 2.39 bits per heavy atom. The van der Waals surface area contributed by atoms with Crippen LogP contribution in [-0.4, -0.2) is 74.2 Å². The molecule has 1 aromatic heterocycles. The average molecular weight is 321 g/mol. The van der Waals surface area contributed by atoms with Crippen molar-refractivity contribution in [2.24, 2.45) is 0 Å². The first-order valence-electron chi connectivity index (χ1n) is 8.26. The Balaban J connectivity index is 1.42. The van der Waals surface area contributed by atoms with E-state index in [1.807, 2.05) is 0 Å². The maximum Gasteiger partial charge on any atom is 0.317 e. The fraction of sp³-hybridized carbons (Fsp3) is 0.786. The zero-order valence-electron chi connectivity index (χ0n) is 13.2. The predicted molar refractivity (Wildman–Crippen MR) is 81.4 cm³/mol. The molecule has 0 unspecified atom stereocenters. The SMILES string of the molecule is O=C(Cn1cnnn1)N1CCN(C(=O)NC2CCCCC2)CC1. The number of hydrogen-bond acceptors (Lipinski definition) is 5. The van der Waals surface area contributed by atoms with Gasteiger partial charge in [0.1, 0.15) is 12.9 Å². The van der Waals surface area contributed by atoms with Gasteiger partial charge in [-0.1, -0.05) is 19.3 Å². The van der Waals surface area contributed by atoms with E-state index < -0.39 is 0 Å². The van der Waals surface area contributed by atoms with E-state index in [-0.39, 0.29) is 18.5 Å². The molecule has 23 heavy (non-hydrogen) atoms. The fourth-order valence-corrected chi connectivity index (χ4v) is 3.16. The molecule has 0 radical (unpaired) electrons. The minimum Gasteiger partial charge on any atom is -0.338 e. The van der Waals surface area contributed by atoms with Crippen molar-refractivity contribution in [2.75, 3.05) is 26.2 Å². The number of piperazine rings is 1. The summed E-state index contributed by atoms with van der Waals surface area (Å²) >= 11 is 0. The van der Waals surface area contributed by atoms with Crippen molar-refractivity contribution < 1.29 is 9.59 Å². The molecule has 1 saturated heterocycles. The van der Waals surface area contributed by atoms with Crippen molar-refractivity contribution in [1.29, 1.82) is 0 Å². The van der Waals surface area contributed by atoms with Gasteiger partial charge in [0, 0.05) is 32.2 Å². The Labute approximate surface area is 135 Å². The van der Waals surface area contributed by atoms with Crippen LogP contribution in [0.1, 0.15) is 32.1 Å². The van der Waals surface area contributed by atoms with Gasteiger partial charge < -0.3 is 15.1 Å². The average Bonchev–Trinajstić information content (AvgIpc) is 3.09. The topological polar surface area (TPSA) is 96.2 Å². The molecule has 3 amide bonds. The second-order valence-corrected chi connectivity index (χ2v) is 6.16. The quantitative estimate of drug-likeness (QED) is 0.836. The Hall–Kier alpha value is -2.19. The summed E-state index contributed by atoms with van der Waals surface area (Å²) in [4.78, 5) is 28.0. The van der Waals surface area contributed by atoms with Crippen LogP contribution in [0.15, 0.2) is 6.33 Å². The lowest BCUT2D eigenvalue weighted by molar-refractivity contribution is -0.133. The monoisotopic (exact) mass is 321 g/mol. The van der Waals surface area contributed by atoms with Crippen LogP contribution in [0, 0.1) is 0 Å². The largest absolute Gasteiger partial charge is 0.338 e. The van der Waals surface area contributed by atoms with Crippen molar-refractivity contribution in [3.05, 3.63) is 6.33 Å². The molecule has 1 aliphatic heterocycles. The maximum absolute atomic E-state index is 12.3. The number of tetrazole rings is 1. The van der Waals surface area contributed by atoms with Crippen LogP contribution in [0.4, 0.5) is 4.79 Å². The smallest absolute Gasteiger partial charge is 0.317 e. The molecule has 1 aromatic rings. The summed E-state index contributed by atoms with van der Waals surface area (Å²) in [7, 11) is 0. The number of carbonyl (C=O) groups excluding carboxylic acids is 2. The molecular formula is C14H23N7O2. The second kappa shape index (κ2) is 7.38. The van der Waals surface area contributed by atoms with Gasteiger partial charge in [0.05, 0.1) is 0 Å². The number of urea groups is 1. The van der Waals surface area contributed by atoms with Gasteiger partial charge in [-0.25, -0.2) is 9.48 Å². The highest BCUT2D eigenvalue weighted by molar-refractivity contribution is 5.77. The van der Waals surface area contributed by atoms with Crippen LogP contribution >= 0.6 is 0 Å². The summed E-state index contributed by atoms with van der Waals surface area (Å²) in [5, 5.41) is 13.8. The van der Waals surface area contributed by atoms with Gasteiger partial charge >= 0.3 is 6.03 Å². The molecule has 9 heteroatoms. The highest BCUT2D eigenvalue weighted by Crippen LogP contribution is 2.17. The molecule has 2 aliphatic rings. The van der Waals surface area contributed by atoms with E-state index >= 15 is 0 Å². The molecule has 2 heterocycles. The number of amides is 3. The number of nitrogens with zero attached hydrogens (tertiary/aromatic N) is 6. The molecule has 9 nitrogen and oxygen atoms in total. The predicted octanol–water partition coefficient (Wildman–Crippen LogP) is -0.140. The first-order chi connectivity index (χ1) is 11.2. The zero-order chi connectivity index (χ0) is 16.1. The molecule has 2 fully saturated rings. The van der Waals surface area contributed by atoms with E-state index in [0.717, 1.165) is 12.8 Å². The van der Waals surface area contributed by atoms with E-state index in [2.05, 4.69) is 20.8 Å². The van der Waals surface area contributed by atoms with Gasteiger partial charge in [-0.05, 0) is 23.3 Å². The van der Waals surface area contributed by atoms with Gasteiger partial charge in [-0.2, -0.15) is 0 Å². The van der Waals surface area contributed by atoms with Crippen LogP contribution in [0.25, 0.3) is 0 Å². The van der Waals surface area contributed by atoms with E-state index in [4.69, 9.17) is 0 Å². The molecule has 1 saturated carbocycles. The van der Waals surface area contributed by atoms with E-state index in [1.165, 1.54) is 30.3 Å². The minimum atomic E-state index is -0.0235. The lowest BCUT2D eigenvalue weighted by Crippen LogP contribution is -2.55. The number of carbonyl (C=O) groups is 2. The Morgan fingerprint density at radius 1 is 1.04 bits per heavy atom. The number of aromatic nitrogens is 4. The summed E-state index contributed by atoms with van der Waals surface area (Å²) in [6.07, 6.45) is 7.25. The molecule has 0 aromatic carbocycles. The van der Waals surface area contributed by atoms with Crippen molar-refractivity contribution in [3.63, 3.8) is 0 Å². The van der Waals surface area contributed by atoms with Crippen molar-refractivity contribution in [3.8, 4) is 0 Å². The Bertz CT molecular complexity index is 519. The summed E-state index contributed by atoms with van der Waals surface area (Å²) in [5.41, 5.74) is 0. The first-order valence-corrected chi connectivity index (χ1v) is 8.26. The number of rotatable bonds is 3. The van der Waals surface area contributed by atoms with Gasteiger partial charge in [-0.15, -0.1) is 5.10 Å². The molecule has 3 rings (SSSR count). The van der Waals surface area contributed by atoms with Crippen molar-refractivity contribution >= 4 is 11.9 Å². The lowest BCUT2D eigenvalue weighted by Gasteiger charge is -2.36. The Kier molecular flexibility index (Phi) is 5.04. The number of hydrogen-bond donors (Lipinski definition) is 1. The molecular weight excluding hydrogens is 298 g/mol. The van der Waals surface area contributed by atoms with E-state index in [0.29, 0.717) is 32.2 Å². The third-order valence-corrected chi connectivity index (χ3v) is 4.54. The summed E-state index contributed by atoms with van der Waals surface area (Å²) in [6.45, 7) is 2.39. The summed E-state index contributed by atoms with van der Waals surface area (Å²) < 4.78 is 1.41. The van der Waals surface area contributed by atoms with Crippen LogP contribution in [-0.2, 0) is 11.3 Å². The third-order valence-electron chi connectivity index (χ3n) is 4.54. The van der Waals surface area contributed by atoms with Gasteiger partial charge in [0.25, 0.3) is 0 Å². The van der Waals surface area contributed by atoms with Crippen molar-refractivity contribution in [1.82, 2.24) is 35.3 Å². The van der Waals surface area contributed by atoms with Gasteiger partial charge in [-0.3, -0.25) is 4.79 Å². The highest BCUT2D eigenvalue weighted by atomic mass is 16.2. The maximum atomic E-state index is 12.3. The summed E-state index contributed by atoms with van der Waals surface area (Å²) in [6, 6.07) is 0.320. The molecule has 126 valence electrons. The van der Waals surface area contributed by atoms with E-state index in [9.17, 15) is 9.59 Å². The normalized spacial score (nSPS) is 19.7. The van der Waals surface area contributed by atoms with Crippen LogP contribution in [0.3, 0.4) is 0 Å². The van der Waals surface area contributed by atoms with E-state index in [1.54, 1.807) is 9.80 Å². The minimum absolute atomic E-state index is 0.00414. The van der Waals surface area contributed by atoms with Crippen LogP contribution < -0.4 is 5.32 Å². The fourth-order valence-electron chi connectivity index (χ4n) is 3.16. The second-order valence-electron chi connectivity index (χ2n) is 6.16. The van der Waals surface area contributed by atoms with Crippen LogP contribution in [0.2, 0.25) is 0 Å². The first kappa shape index (κ1) is 15.7. The third kappa shape index (κ3) is 4.17. The molecule has 1 N–H and O–H groups in total. The highest BCUT2D eigenvalue weighted by Gasteiger charge is 2.26. The molecule has 1 aliphatic carbocycles. The van der Waals surface area contributed by atoms with Crippen LogP contribution in [0.5, 0.6) is 0 Å². The van der Waals surface area contributed by atoms with Crippen molar-refractivity contribution in [2.45, 2.75) is 44.7 Å². The van der Waals surface area contributed by atoms with Gasteiger partial charge in [0.2, 0.25) is 5.91 Å². The molecule has 0 atom stereocenters. The standard InChI is InChI=1S/C14H23N7O2/c22-13(10-21-11-15-17-18-21)19-6-8-20(9-7-19)14(23)16-12-4-2-1-3-5-12/h11-12H,1-10H2,(H,16,23). The zero-order valence-corrected chi connectivity index (χ0v) is 13.2. The molecule has 0 bridgehead atoms. The van der Waals surface area contributed by atoms with Gasteiger partial charge in [0.15, 0.2) is 0 Å². The Morgan fingerprint density at radius 2 is 1.74 bits per heavy atom. The summed E-state index contributed by atoms with van der Waals surface area (Å²) in [5.74, 6) is -0.0235. The number of nitrogens with one attached hydrogen (secondary N) is 1. The molecule has 0 spiro atoms.